The van der Waals surface area contributed by atoms with Gasteiger partial charge in [-0.3, -0.25) is 9.69 Å². The Balaban J connectivity index is 1.57. The molecule has 1 amide bonds. The highest BCUT2D eigenvalue weighted by Gasteiger charge is 2.33. The molecule has 4 rings (SSSR count). The zero-order valence-corrected chi connectivity index (χ0v) is 17.6. The van der Waals surface area contributed by atoms with Crippen molar-refractivity contribution in [3.63, 3.8) is 0 Å². The molecule has 1 aliphatic rings. The van der Waals surface area contributed by atoms with Gasteiger partial charge in [0.25, 0.3) is 5.91 Å². The normalized spacial score (nSPS) is 14.9. The molecular weight excluding hydrogens is 388 g/mol. The third kappa shape index (κ3) is 4.09. The average Bonchev–Trinajstić information content (AvgIpc) is 3.20. The minimum absolute atomic E-state index is 0.0377. The number of benzene rings is 1. The molecule has 6 nitrogen and oxygen atoms in total. The average molecular weight is 413 g/mol. The first-order valence-electron chi connectivity index (χ1n) is 9.78. The molecule has 1 aliphatic carbocycles. The van der Waals surface area contributed by atoms with Crippen molar-refractivity contribution in [3.05, 3.63) is 70.4 Å². The second-order valence-corrected chi connectivity index (χ2v) is 8.18. The van der Waals surface area contributed by atoms with E-state index in [-0.39, 0.29) is 11.9 Å². The van der Waals surface area contributed by atoms with Gasteiger partial charge in [0.2, 0.25) is 0 Å². The van der Waals surface area contributed by atoms with E-state index >= 15 is 0 Å². The molecular formula is C22H25ClN4O2. The summed E-state index contributed by atoms with van der Waals surface area (Å²) in [5.74, 6) is 1.06. The van der Waals surface area contributed by atoms with Crippen molar-refractivity contribution in [2.75, 3.05) is 20.6 Å². The van der Waals surface area contributed by atoms with Crippen LogP contribution in [0.15, 0.2) is 47.2 Å². The summed E-state index contributed by atoms with van der Waals surface area (Å²) in [6.45, 7) is 2.42. The van der Waals surface area contributed by atoms with Gasteiger partial charge in [0.1, 0.15) is 5.76 Å². The van der Waals surface area contributed by atoms with Crippen LogP contribution < -0.4 is 5.32 Å². The Labute approximate surface area is 175 Å². The van der Waals surface area contributed by atoms with Crippen molar-refractivity contribution in [1.82, 2.24) is 20.0 Å². The van der Waals surface area contributed by atoms with E-state index in [4.69, 9.17) is 16.0 Å². The van der Waals surface area contributed by atoms with Gasteiger partial charge in [-0.2, -0.15) is 5.10 Å². The van der Waals surface area contributed by atoms with Gasteiger partial charge in [-0.25, -0.2) is 4.68 Å². The van der Waals surface area contributed by atoms with Gasteiger partial charge in [-0.05, 0) is 63.7 Å². The summed E-state index contributed by atoms with van der Waals surface area (Å²) in [4.78, 5) is 15.0. The maximum atomic E-state index is 13.0. The maximum absolute atomic E-state index is 13.0. The van der Waals surface area contributed by atoms with Crippen molar-refractivity contribution >= 4 is 17.5 Å². The van der Waals surface area contributed by atoms with E-state index in [0.29, 0.717) is 23.0 Å². The lowest BCUT2D eigenvalue weighted by Crippen LogP contribution is -2.34. The number of carbonyl (C=O) groups is 1. The number of likely N-dealkylation sites (N-methyl/N-ethyl adjacent to an activating group) is 1. The van der Waals surface area contributed by atoms with Gasteiger partial charge in [-0.1, -0.05) is 17.7 Å². The molecule has 29 heavy (non-hydrogen) atoms. The zero-order valence-electron chi connectivity index (χ0n) is 16.9. The Bertz CT molecular complexity index is 1010. The predicted molar refractivity (Wildman–Crippen MR) is 113 cm³/mol. The quantitative estimate of drug-likeness (QED) is 0.627. The highest BCUT2D eigenvalue weighted by molar-refractivity contribution is 6.31. The Kier molecular flexibility index (Phi) is 5.48. The lowest BCUT2D eigenvalue weighted by atomic mass is 10.1. The van der Waals surface area contributed by atoms with Crippen LogP contribution in [0.3, 0.4) is 0 Å². The largest absolute Gasteiger partial charge is 0.468 e. The number of hydrogen-bond acceptors (Lipinski definition) is 4. The summed E-state index contributed by atoms with van der Waals surface area (Å²) in [6.07, 6.45) is 5.44. The van der Waals surface area contributed by atoms with Crippen molar-refractivity contribution in [3.8, 4) is 5.69 Å². The fourth-order valence-electron chi connectivity index (χ4n) is 3.50. The van der Waals surface area contributed by atoms with Crippen LogP contribution in [-0.4, -0.2) is 41.2 Å². The molecule has 2 aromatic heterocycles. The number of nitrogens with zero attached hydrogens (tertiary/aromatic N) is 3. The fraction of sp³-hybridized carbons (Fsp3) is 0.364. The molecule has 3 aromatic rings. The van der Waals surface area contributed by atoms with Crippen LogP contribution in [0.1, 0.15) is 52.2 Å². The molecule has 1 aromatic carbocycles. The highest BCUT2D eigenvalue weighted by atomic mass is 35.5. The van der Waals surface area contributed by atoms with Gasteiger partial charge in [0.15, 0.2) is 0 Å². The Morgan fingerprint density at radius 1 is 1.38 bits per heavy atom. The minimum Gasteiger partial charge on any atom is -0.468 e. The Hall–Kier alpha value is -2.57. The molecule has 1 N–H and O–H groups in total. The van der Waals surface area contributed by atoms with Crippen LogP contribution in [0.5, 0.6) is 0 Å². The number of aromatic nitrogens is 2. The minimum atomic E-state index is -0.116. The molecule has 0 spiro atoms. The number of amides is 1. The monoisotopic (exact) mass is 412 g/mol. The van der Waals surface area contributed by atoms with Crippen molar-refractivity contribution in [2.24, 2.45) is 0 Å². The number of hydrogen-bond donors (Lipinski definition) is 1. The third-order valence-corrected chi connectivity index (χ3v) is 5.77. The van der Waals surface area contributed by atoms with E-state index in [2.05, 4.69) is 10.4 Å². The van der Waals surface area contributed by atoms with E-state index in [9.17, 15) is 4.79 Å². The molecule has 0 aliphatic heterocycles. The van der Waals surface area contributed by atoms with Crippen LogP contribution in [0.4, 0.5) is 0 Å². The first kappa shape index (κ1) is 19.7. The van der Waals surface area contributed by atoms with Crippen LogP contribution in [0.2, 0.25) is 5.02 Å². The van der Waals surface area contributed by atoms with Crippen molar-refractivity contribution < 1.29 is 9.21 Å². The van der Waals surface area contributed by atoms with Crippen LogP contribution >= 0.6 is 11.6 Å². The van der Waals surface area contributed by atoms with Crippen molar-refractivity contribution in [1.29, 1.82) is 0 Å². The summed E-state index contributed by atoms with van der Waals surface area (Å²) in [7, 11) is 3.93. The van der Waals surface area contributed by atoms with Gasteiger partial charge < -0.3 is 9.73 Å². The van der Waals surface area contributed by atoms with Gasteiger partial charge in [0.05, 0.1) is 35.4 Å². The summed E-state index contributed by atoms with van der Waals surface area (Å²) < 4.78 is 7.38. The molecule has 0 bridgehead atoms. The summed E-state index contributed by atoms with van der Waals surface area (Å²) in [5.41, 5.74) is 3.48. The van der Waals surface area contributed by atoms with E-state index < -0.39 is 0 Å². The summed E-state index contributed by atoms with van der Waals surface area (Å²) >= 11 is 6.31. The number of carbonyl (C=O) groups excluding carboxylic acids is 1. The molecule has 1 unspecified atom stereocenters. The first-order valence-corrected chi connectivity index (χ1v) is 10.2. The standard InChI is InChI=1S/C22H25ClN4O2/c1-14-6-9-16(11-18(14)23)27-21(15-7-8-15)17(12-25-27)22(28)24-13-19(26(2)3)20-5-4-10-29-20/h4-6,9-12,15,19H,7-8,13H2,1-3H3,(H,24,28). The SMILES string of the molecule is Cc1ccc(-n2ncc(C(=O)NCC(c3ccco3)N(C)C)c2C2CC2)cc1Cl. The number of rotatable bonds is 7. The topological polar surface area (TPSA) is 63.3 Å². The lowest BCUT2D eigenvalue weighted by molar-refractivity contribution is 0.0938. The Morgan fingerprint density at radius 3 is 2.79 bits per heavy atom. The number of nitrogens with one attached hydrogen (secondary N) is 1. The first-order chi connectivity index (χ1) is 14.0. The van der Waals surface area contributed by atoms with Crippen LogP contribution in [0.25, 0.3) is 5.69 Å². The molecule has 1 fully saturated rings. The Morgan fingerprint density at radius 2 is 2.17 bits per heavy atom. The molecule has 0 radical (unpaired) electrons. The number of halogens is 1. The second-order valence-electron chi connectivity index (χ2n) is 7.77. The zero-order chi connectivity index (χ0) is 20.5. The molecule has 2 heterocycles. The summed E-state index contributed by atoms with van der Waals surface area (Å²) in [6, 6.07) is 9.60. The van der Waals surface area contributed by atoms with Crippen molar-refractivity contribution in [2.45, 2.75) is 31.7 Å². The molecule has 1 atom stereocenters. The van der Waals surface area contributed by atoms with E-state index in [1.54, 1.807) is 12.5 Å². The van der Waals surface area contributed by atoms with E-state index in [1.165, 1.54) is 0 Å². The predicted octanol–water partition coefficient (Wildman–Crippen LogP) is 4.34. The molecule has 7 heteroatoms. The van der Waals surface area contributed by atoms with Gasteiger partial charge >= 0.3 is 0 Å². The number of furan rings is 1. The van der Waals surface area contributed by atoms with Crippen LogP contribution in [-0.2, 0) is 0 Å². The smallest absolute Gasteiger partial charge is 0.254 e. The summed E-state index contributed by atoms with van der Waals surface area (Å²) in [5, 5.41) is 8.27. The van der Waals surface area contributed by atoms with E-state index in [0.717, 1.165) is 35.5 Å². The lowest BCUT2D eigenvalue weighted by Gasteiger charge is -2.22. The molecule has 1 saturated carbocycles. The number of aryl methyl sites for hydroxylation is 1. The molecule has 152 valence electrons. The maximum Gasteiger partial charge on any atom is 0.254 e. The molecule has 0 saturated heterocycles. The van der Waals surface area contributed by atoms with Crippen LogP contribution in [0, 0.1) is 6.92 Å². The van der Waals surface area contributed by atoms with Gasteiger partial charge in [0, 0.05) is 17.5 Å². The fourth-order valence-corrected chi connectivity index (χ4v) is 3.68. The highest BCUT2D eigenvalue weighted by Crippen LogP contribution is 2.42. The van der Waals surface area contributed by atoms with Gasteiger partial charge in [-0.15, -0.1) is 0 Å². The second kappa shape index (κ2) is 8.05. The van der Waals surface area contributed by atoms with E-state index in [1.807, 2.05) is 60.9 Å². The third-order valence-electron chi connectivity index (χ3n) is 5.37.